The Labute approximate surface area is 115 Å². The maximum absolute atomic E-state index is 12.0. The van der Waals surface area contributed by atoms with Gasteiger partial charge in [0, 0.05) is 5.92 Å². The van der Waals surface area contributed by atoms with Gasteiger partial charge in [0.05, 0.1) is 6.26 Å². The minimum absolute atomic E-state index is 0.0431. The Bertz CT molecular complexity index is 600. The van der Waals surface area contributed by atoms with Gasteiger partial charge < -0.3 is 4.74 Å². The van der Waals surface area contributed by atoms with Crippen LogP contribution >= 0.6 is 0 Å². The SMILES string of the molecule is CS(=O)(=O)NC(=O)C1CC1c1ccc(OC(F)F)cc1. The van der Waals surface area contributed by atoms with E-state index in [1.807, 2.05) is 4.72 Å². The molecule has 1 aromatic carbocycles. The van der Waals surface area contributed by atoms with Crippen molar-refractivity contribution >= 4 is 15.9 Å². The molecule has 1 saturated carbocycles. The number of nitrogens with one attached hydrogen (secondary N) is 1. The van der Waals surface area contributed by atoms with Crippen LogP contribution in [0.4, 0.5) is 8.78 Å². The predicted octanol–water partition coefficient (Wildman–Crippen LogP) is 1.47. The fourth-order valence-electron chi connectivity index (χ4n) is 2.01. The summed E-state index contributed by atoms with van der Waals surface area (Å²) in [6.45, 7) is -2.88. The van der Waals surface area contributed by atoms with Crippen molar-refractivity contribution in [3.05, 3.63) is 29.8 Å². The fraction of sp³-hybridized carbons (Fsp3) is 0.417. The molecule has 0 bridgehead atoms. The molecule has 1 amide bonds. The monoisotopic (exact) mass is 305 g/mol. The van der Waals surface area contributed by atoms with Crippen LogP contribution in [0.5, 0.6) is 5.75 Å². The number of carbonyl (C=O) groups excluding carboxylic acids is 1. The van der Waals surface area contributed by atoms with Gasteiger partial charge in [-0.1, -0.05) is 12.1 Å². The molecule has 20 heavy (non-hydrogen) atoms. The molecule has 1 fully saturated rings. The van der Waals surface area contributed by atoms with Crippen LogP contribution in [0.25, 0.3) is 0 Å². The van der Waals surface area contributed by atoms with Crippen LogP contribution in [0.2, 0.25) is 0 Å². The van der Waals surface area contributed by atoms with Crippen LogP contribution in [0, 0.1) is 5.92 Å². The van der Waals surface area contributed by atoms with Gasteiger partial charge in [0.15, 0.2) is 0 Å². The Morgan fingerprint density at radius 1 is 1.35 bits per heavy atom. The number of alkyl halides is 2. The lowest BCUT2D eigenvalue weighted by Gasteiger charge is -2.06. The van der Waals surface area contributed by atoms with E-state index in [0.29, 0.717) is 6.42 Å². The van der Waals surface area contributed by atoms with Crippen molar-refractivity contribution in [2.45, 2.75) is 19.0 Å². The molecule has 1 N–H and O–H groups in total. The summed E-state index contributed by atoms with van der Waals surface area (Å²) in [5.74, 6) is -0.976. The van der Waals surface area contributed by atoms with E-state index in [1.54, 1.807) is 12.1 Å². The molecule has 1 aromatic rings. The molecule has 1 aliphatic carbocycles. The third-order valence-electron chi connectivity index (χ3n) is 2.95. The molecular weight excluding hydrogens is 292 g/mol. The van der Waals surface area contributed by atoms with Crippen LogP contribution in [0.3, 0.4) is 0 Å². The topological polar surface area (TPSA) is 72.5 Å². The summed E-state index contributed by atoms with van der Waals surface area (Å²) in [5, 5.41) is 0. The van der Waals surface area contributed by atoms with Crippen LogP contribution in [0.15, 0.2) is 24.3 Å². The second-order valence-corrected chi connectivity index (χ2v) is 6.38. The number of amides is 1. The molecule has 2 atom stereocenters. The zero-order valence-corrected chi connectivity index (χ0v) is 11.4. The van der Waals surface area contributed by atoms with E-state index in [1.165, 1.54) is 12.1 Å². The first kappa shape index (κ1) is 14.7. The van der Waals surface area contributed by atoms with E-state index in [-0.39, 0.29) is 11.7 Å². The van der Waals surface area contributed by atoms with Gasteiger partial charge in [0.1, 0.15) is 5.75 Å². The van der Waals surface area contributed by atoms with Crippen molar-refractivity contribution in [1.29, 1.82) is 0 Å². The molecule has 2 unspecified atom stereocenters. The Balaban J connectivity index is 1.96. The first-order valence-electron chi connectivity index (χ1n) is 5.82. The summed E-state index contributed by atoms with van der Waals surface area (Å²) in [7, 11) is -3.56. The zero-order chi connectivity index (χ0) is 14.9. The summed E-state index contributed by atoms with van der Waals surface area (Å²) in [5.41, 5.74) is 0.792. The lowest BCUT2D eigenvalue weighted by Crippen LogP contribution is -2.30. The minimum atomic E-state index is -3.56. The standard InChI is InChI=1S/C12H13F2NO4S/c1-20(17,18)15-11(16)10-6-9(10)7-2-4-8(5-3-7)19-12(13)14/h2-5,9-10,12H,6H2,1H3,(H,15,16). The van der Waals surface area contributed by atoms with Gasteiger partial charge in [0.25, 0.3) is 0 Å². The zero-order valence-electron chi connectivity index (χ0n) is 10.5. The summed E-state index contributed by atoms with van der Waals surface area (Å²) in [6, 6.07) is 5.98. The van der Waals surface area contributed by atoms with E-state index < -0.39 is 28.5 Å². The molecule has 0 spiro atoms. The molecular formula is C12H13F2NO4S. The van der Waals surface area contributed by atoms with E-state index in [4.69, 9.17) is 0 Å². The van der Waals surface area contributed by atoms with E-state index in [2.05, 4.69) is 4.74 Å². The first-order valence-corrected chi connectivity index (χ1v) is 7.72. The quantitative estimate of drug-likeness (QED) is 0.894. The number of sulfonamides is 1. The second kappa shape index (κ2) is 5.35. The number of hydrogen-bond acceptors (Lipinski definition) is 4. The van der Waals surface area contributed by atoms with Gasteiger partial charge in [-0.3, -0.25) is 9.52 Å². The maximum atomic E-state index is 12.0. The smallest absolute Gasteiger partial charge is 0.387 e. The Morgan fingerprint density at radius 3 is 2.45 bits per heavy atom. The largest absolute Gasteiger partial charge is 0.435 e. The number of halogens is 2. The fourth-order valence-corrected chi connectivity index (χ4v) is 2.52. The number of ether oxygens (including phenoxy) is 1. The normalized spacial score (nSPS) is 21.6. The van der Waals surface area contributed by atoms with Crippen LogP contribution in [-0.2, 0) is 14.8 Å². The maximum Gasteiger partial charge on any atom is 0.387 e. The number of carbonyl (C=O) groups is 1. The number of hydrogen-bond donors (Lipinski definition) is 1. The van der Waals surface area contributed by atoms with Crippen LogP contribution in [0.1, 0.15) is 17.9 Å². The second-order valence-electron chi connectivity index (χ2n) is 4.63. The van der Waals surface area contributed by atoms with Crippen molar-refractivity contribution in [2.75, 3.05) is 6.26 Å². The number of benzene rings is 1. The molecule has 2 rings (SSSR count). The predicted molar refractivity (Wildman–Crippen MR) is 66.9 cm³/mol. The van der Waals surface area contributed by atoms with Crippen molar-refractivity contribution < 1.29 is 26.7 Å². The third kappa shape index (κ3) is 3.89. The minimum Gasteiger partial charge on any atom is -0.435 e. The molecule has 0 heterocycles. The van der Waals surface area contributed by atoms with Crippen molar-refractivity contribution in [1.82, 2.24) is 4.72 Å². The van der Waals surface area contributed by atoms with Gasteiger partial charge in [0.2, 0.25) is 15.9 Å². The van der Waals surface area contributed by atoms with E-state index in [9.17, 15) is 22.0 Å². The highest BCUT2D eigenvalue weighted by Crippen LogP contribution is 2.47. The lowest BCUT2D eigenvalue weighted by molar-refractivity contribution is -0.120. The highest BCUT2D eigenvalue weighted by atomic mass is 32.2. The Hall–Kier alpha value is -1.70. The first-order chi connectivity index (χ1) is 9.26. The van der Waals surface area contributed by atoms with E-state index in [0.717, 1.165) is 11.8 Å². The van der Waals surface area contributed by atoms with Crippen LogP contribution in [-0.4, -0.2) is 27.2 Å². The van der Waals surface area contributed by atoms with Crippen molar-refractivity contribution in [3.8, 4) is 5.75 Å². The van der Waals surface area contributed by atoms with Gasteiger partial charge in [-0.05, 0) is 30.0 Å². The average Bonchev–Trinajstić information content (AvgIpc) is 3.07. The van der Waals surface area contributed by atoms with Crippen molar-refractivity contribution in [3.63, 3.8) is 0 Å². The molecule has 0 radical (unpaired) electrons. The molecule has 110 valence electrons. The summed E-state index contributed by atoms with van der Waals surface area (Å²) < 4.78 is 52.0. The van der Waals surface area contributed by atoms with Crippen molar-refractivity contribution in [2.24, 2.45) is 5.92 Å². The lowest BCUT2D eigenvalue weighted by atomic mass is 10.1. The summed E-state index contributed by atoms with van der Waals surface area (Å²) in [4.78, 5) is 11.6. The Kier molecular flexibility index (Phi) is 3.94. The highest BCUT2D eigenvalue weighted by Gasteiger charge is 2.44. The molecule has 0 aliphatic heterocycles. The molecule has 8 heteroatoms. The molecule has 1 aliphatic rings. The Morgan fingerprint density at radius 2 is 1.95 bits per heavy atom. The van der Waals surface area contributed by atoms with Gasteiger partial charge in [-0.2, -0.15) is 8.78 Å². The third-order valence-corrected chi connectivity index (χ3v) is 3.52. The van der Waals surface area contributed by atoms with Gasteiger partial charge >= 0.3 is 6.61 Å². The van der Waals surface area contributed by atoms with Gasteiger partial charge in [-0.25, -0.2) is 8.42 Å². The summed E-state index contributed by atoms with van der Waals surface area (Å²) in [6.07, 6.45) is 1.45. The number of rotatable bonds is 5. The highest BCUT2D eigenvalue weighted by molar-refractivity contribution is 7.89. The van der Waals surface area contributed by atoms with Crippen LogP contribution < -0.4 is 9.46 Å². The average molecular weight is 305 g/mol. The molecule has 5 nitrogen and oxygen atoms in total. The summed E-state index contributed by atoms with van der Waals surface area (Å²) >= 11 is 0. The molecule has 0 aromatic heterocycles. The van der Waals surface area contributed by atoms with E-state index >= 15 is 0 Å². The molecule has 0 saturated heterocycles. The van der Waals surface area contributed by atoms with Gasteiger partial charge in [-0.15, -0.1) is 0 Å².